The maximum atomic E-state index is 12.1. The van der Waals surface area contributed by atoms with Gasteiger partial charge in [-0.1, -0.05) is 35.2 Å². The molecular formula is C15H19N5O2S2. The van der Waals surface area contributed by atoms with Crippen LogP contribution in [-0.4, -0.2) is 46.3 Å². The number of carbonyl (C=O) groups is 2. The Balaban J connectivity index is 1.84. The molecule has 0 unspecified atom stereocenters. The van der Waals surface area contributed by atoms with Crippen LogP contribution in [-0.2, 0) is 9.59 Å². The van der Waals surface area contributed by atoms with Crippen molar-refractivity contribution in [1.82, 2.24) is 15.1 Å². The van der Waals surface area contributed by atoms with Gasteiger partial charge in [-0.15, -0.1) is 10.2 Å². The van der Waals surface area contributed by atoms with E-state index in [2.05, 4.69) is 15.5 Å². The van der Waals surface area contributed by atoms with Crippen molar-refractivity contribution in [2.24, 2.45) is 0 Å². The number of amides is 2. The summed E-state index contributed by atoms with van der Waals surface area (Å²) < 4.78 is 0.633. The molecule has 1 heterocycles. The first-order valence-corrected chi connectivity index (χ1v) is 8.98. The Hall–Kier alpha value is -2.13. The zero-order valence-electron chi connectivity index (χ0n) is 13.7. The molecule has 24 heavy (non-hydrogen) atoms. The minimum Gasteiger partial charge on any atom is -0.374 e. The molecule has 2 amide bonds. The van der Waals surface area contributed by atoms with Crippen molar-refractivity contribution >= 4 is 45.7 Å². The quantitative estimate of drug-likeness (QED) is 0.759. The number of aromatic nitrogens is 2. The molecule has 0 saturated heterocycles. The van der Waals surface area contributed by atoms with Crippen molar-refractivity contribution in [2.45, 2.75) is 18.2 Å². The Morgan fingerprint density at radius 1 is 1.33 bits per heavy atom. The van der Waals surface area contributed by atoms with Gasteiger partial charge in [0, 0.05) is 12.7 Å². The summed E-state index contributed by atoms with van der Waals surface area (Å²) in [7, 11) is 1.60. The molecule has 1 aromatic carbocycles. The zero-order chi connectivity index (χ0) is 17.7. The van der Waals surface area contributed by atoms with Crippen molar-refractivity contribution in [3.63, 3.8) is 0 Å². The molecule has 7 nitrogen and oxygen atoms in total. The lowest BCUT2D eigenvalue weighted by molar-refractivity contribution is -0.131. The molecule has 0 fully saturated rings. The Labute approximate surface area is 148 Å². The Morgan fingerprint density at radius 2 is 2.08 bits per heavy atom. The monoisotopic (exact) mass is 365 g/mol. The minimum atomic E-state index is -0.232. The largest absolute Gasteiger partial charge is 0.374 e. The highest BCUT2D eigenvalue weighted by atomic mass is 32.2. The summed E-state index contributed by atoms with van der Waals surface area (Å²) in [5, 5.41) is 10.7. The number of hydrogen-bond acceptors (Lipinski definition) is 7. The minimum absolute atomic E-state index is 0.00890. The van der Waals surface area contributed by atoms with Crippen LogP contribution < -0.4 is 11.1 Å². The molecule has 0 aliphatic carbocycles. The van der Waals surface area contributed by atoms with Gasteiger partial charge in [-0.3, -0.25) is 9.59 Å². The third-order valence-corrected chi connectivity index (χ3v) is 5.09. The molecule has 0 saturated carbocycles. The van der Waals surface area contributed by atoms with Gasteiger partial charge in [0.05, 0.1) is 12.3 Å². The highest BCUT2D eigenvalue weighted by Crippen LogP contribution is 2.23. The second-order valence-electron chi connectivity index (χ2n) is 5.31. The second-order valence-corrected chi connectivity index (χ2v) is 7.54. The average molecular weight is 365 g/mol. The van der Waals surface area contributed by atoms with E-state index in [1.807, 2.05) is 32.0 Å². The van der Waals surface area contributed by atoms with Gasteiger partial charge in [-0.05, 0) is 31.0 Å². The van der Waals surface area contributed by atoms with Crippen molar-refractivity contribution < 1.29 is 9.59 Å². The van der Waals surface area contributed by atoms with E-state index in [0.29, 0.717) is 9.47 Å². The van der Waals surface area contributed by atoms with Crippen molar-refractivity contribution in [3.05, 3.63) is 29.3 Å². The number of carbonyl (C=O) groups excluding carboxylic acids is 2. The number of anilines is 2. The number of thioether (sulfide) groups is 1. The van der Waals surface area contributed by atoms with E-state index in [1.54, 1.807) is 7.05 Å². The molecule has 2 aromatic rings. The van der Waals surface area contributed by atoms with Crippen LogP contribution in [0, 0.1) is 13.8 Å². The first kappa shape index (κ1) is 18.2. The summed E-state index contributed by atoms with van der Waals surface area (Å²) in [6.07, 6.45) is 0. The van der Waals surface area contributed by atoms with Crippen LogP contribution in [0.5, 0.6) is 0 Å². The smallest absolute Gasteiger partial charge is 0.243 e. The molecule has 3 N–H and O–H groups in total. The first-order chi connectivity index (χ1) is 11.3. The Morgan fingerprint density at radius 3 is 2.75 bits per heavy atom. The molecule has 1 aromatic heterocycles. The van der Waals surface area contributed by atoms with E-state index in [1.165, 1.54) is 28.0 Å². The number of hydrogen-bond donors (Lipinski definition) is 2. The fourth-order valence-electron chi connectivity index (χ4n) is 1.88. The van der Waals surface area contributed by atoms with E-state index >= 15 is 0 Å². The number of likely N-dealkylation sites (N-methyl/N-ethyl adjacent to an activating group) is 1. The summed E-state index contributed by atoms with van der Waals surface area (Å²) >= 11 is 2.48. The molecule has 128 valence electrons. The number of aryl methyl sites for hydroxylation is 2. The summed E-state index contributed by atoms with van der Waals surface area (Å²) in [5.74, 6) is -0.211. The number of nitrogen functional groups attached to an aromatic ring is 1. The third-order valence-electron chi connectivity index (χ3n) is 3.21. The molecule has 0 atom stereocenters. The average Bonchev–Trinajstić information content (AvgIpc) is 2.94. The Kier molecular flexibility index (Phi) is 6.16. The van der Waals surface area contributed by atoms with Gasteiger partial charge in [-0.25, -0.2) is 0 Å². The maximum absolute atomic E-state index is 12.1. The second kappa shape index (κ2) is 8.11. The highest BCUT2D eigenvalue weighted by molar-refractivity contribution is 8.01. The lowest BCUT2D eigenvalue weighted by Gasteiger charge is -2.17. The van der Waals surface area contributed by atoms with Gasteiger partial charge in [0.25, 0.3) is 0 Å². The van der Waals surface area contributed by atoms with Gasteiger partial charge in [0.2, 0.25) is 16.9 Å². The van der Waals surface area contributed by atoms with E-state index in [0.717, 1.165) is 16.8 Å². The first-order valence-electron chi connectivity index (χ1n) is 7.18. The summed E-state index contributed by atoms with van der Waals surface area (Å²) in [6.45, 7) is 3.88. The van der Waals surface area contributed by atoms with Crippen molar-refractivity contribution in [2.75, 3.05) is 30.4 Å². The number of benzene rings is 1. The van der Waals surface area contributed by atoms with Crippen LogP contribution >= 0.6 is 23.1 Å². The topological polar surface area (TPSA) is 101 Å². The molecule has 0 aliphatic rings. The van der Waals surface area contributed by atoms with E-state index in [4.69, 9.17) is 5.73 Å². The lowest BCUT2D eigenvalue weighted by Crippen LogP contribution is -2.36. The van der Waals surface area contributed by atoms with Crippen molar-refractivity contribution in [1.29, 1.82) is 0 Å². The third kappa shape index (κ3) is 5.20. The number of rotatable bonds is 6. The molecule has 0 spiro atoms. The van der Waals surface area contributed by atoms with Crippen LogP contribution in [0.2, 0.25) is 0 Å². The molecule has 0 aliphatic heterocycles. The van der Waals surface area contributed by atoms with Gasteiger partial charge in [0.15, 0.2) is 4.34 Å². The predicted octanol–water partition coefficient (Wildman–Crippen LogP) is 1.93. The number of nitrogens with one attached hydrogen (secondary N) is 1. The van der Waals surface area contributed by atoms with E-state index in [9.17, 15) is 9.59 Å². The fourth-order valence-corrected chi connectivity index (χ4v) is 3.45. The van der Waals surface area contributed by atoms with Crippen LogP contribution in [0.3, 0.4) is 0 Å². The van der Waals surface area contributed by atoms with E-state index < -0.39 is 0 Å². The van der Waals surface area contributed by atoms with Crippen molar-refractivity contribution in [3.8, 4) is 0 Å². The van der Waals surface area contributed by atoms with Crippen LogP contribution in [0.4, 0.5) is 10.8 Å². The number of nitrogens with two attached hydrogens (primary N) is 1. The zero-order valence-corrected chi connectivity index (χ0v) is 15.3. The summed E-state index contributed by atoms with van der Waals surface area (Å²) in [4.78, 5) is 25.6. The molecular weight excluding hydrogens is 346 g/mol. The fraction of sp³-hybridized carbons (Fsp3) is 0.333. The SMILES string of the molecule is Cc1ccc(C)c(NC(=O)CN(C)C(=O)CSc2nnc(N)s2)c1. The van der Waals surface area contributed by atoms with Gasteiger partial charge >= 0.3 is 0 Å². The van der Waals surface area contributed by atoms with Gasteiger partial charge in [0.1, 0.15) is 0 Å². The Bertz CT molecular complexity index is 747. The molecule has 2 rings (SSSR count). The van der Waals surface area contributed by atoms with E-state index in [-0.39, 0.29) is 24.1 Å². The molecule has 9 heteroatoms. The van der Waals surface area contributed by atoms with Crippen LogP contribution in [0.25, 0.3) is 0 Å². The van der Waals surface area contributed by atoms with Crippen LogP contribution in [0.15, 0.2) is 22.5 Å². The standard InChI is InChI=1S/C15H19N5O2S2/c1-9-4-5-10(2)11(6-9)17-12(21)7-20(3)13(22)8-23-15-19-18-14(16)24-15/h4-6H,7-8H2,1-3H3,(H2,16,18)(H,17,21). The summed E-state index contributed by atoms with van der Waals surface area (Å²) in [6, 6.07) is 5.84. The van der Waals surface area contributed by atoms with Crippen LogP contribution in [0.1, 0.15) is 11.1 Å². The lowest BCUT2D eigenvalue weighted by atomic mass is 10.1. The van der Waals surface area contributed by atoms with Gasteiger partial charge < -0.3 is 16.0 Å². The normalized spacial score (nSPS) is 10.5. The summed E-state index contributed by atoms with van der Waals surface area (Å²) in [5.41, 5.74) is 8.30. The molecule has 0 radical (unpaired) electrons. The molecule has 0 bridgehead atoms. The highest BCUT2D eigenvalue weighted by Gasteiger charge is 2.15. The number of nitrogens with zero attached hydrogens (tertiary/aromatic N) is 3. The predicted molar refractivity (Wildman–Crippen MR) is 97.2 cm³/mol. The van der Waals surface area contributed by atoms with Gasteiger partial charge in [-0.2, -0.15) is 0 Å². The maximum Gasteiger partial charge on any atom is 0.243 e.